The molecule has 0 aliphatic carbocycles. The van der Waals surface area contributed by atoms with Gasteiger partial charge in [-0.2, -0.15) is 20.4 Å². The molecule has 0 saturated carbocycles. The van der Waals surface area contributed by atoms with Gasteiger partial charge in [-0.05, 0) is 149 Å². The van der Waals surface area contributed by atoms with Gasteiger partial charge in [-0.1, -0.05) is 84.4 Å². The Hall–Kier alpha value is -8.75. The van der Waals surface area contributed by atoms with E-state index in [9.17, 15) is 29.7 Å². The number of hydrogen-bond donors (Lipinski definition) is 6. The molecule has 0 radical (unpaired) electrons. The zero-order valence-electron chi connectivity index (χ0n) is 37.4. The van der Waals surface area contributed by atoms with Crippen LogP contribution in [0.5, 0.6) is 17.2 Å². The smallest absolute Gasteiger partial charge is 0.217 e. The van der Waals surface area contributed by atoms with Gasteiger partial charge in [-0.3, -0.25) is 14.4 Å². The van der Waals surface area contributed by atoms with Crippen molar-refractivity contribution in [1.29, 1.82) is 0 Å². The number of aryl methyl sites for hydroxylation is 4. The summed E-state index contributed by atoms with van der Waals surface area (Å²) in [7, 11) is 0. The molecule has 2 heterocycles. The predicted octanol–water partition coefficient (Wildman–Crippen LogP) is 8.48. The van der Waals surface area contributed by atoms with Gasteiger partial charge in [-0.15, -0.1) is 0 Å². The number of carbonyl (C=O) groups excluding carboxylic acids is 3. The summed E-state index contributed by atoms with van der Waals surface area (Å²) in [5, 5.41) is 45.1. The van der Waals surface area contributed by atoms with Crippen LogP contribution in [0.25, 0.3) is 55.9 Å². The molecule has 2 aromatic heterocycles. The molecular weight excluding hydrogens is 859 g/mol. The van der Waals surface area contributed by atoms with Crippen molar-refractivity contribution < 1.29 is 35.2 Å². The fourth-order valence-corrected chi connectivity index (χ4v) is 7.40. The zero-order chi connectivity index (χ0) is 47.7. The van der Waals surface area contributed by atoms with Gasteiger partial charge < -0.3 is 38.0 Å². The van der Waals surface area contributed by atoms with Crippen molar-refractivity contribution in [3.63, 3.8) is 0 Å². The van der Waals surface area contributed by atoms with Crippen molar-refractivity contribution in [2.75, 3.05) is 0 Å². The lowest BCUT2D eigenvalue weighted by molar-refractivity contribution is -0.118. The average molecular weight is 911 g/mol. The number of benzene rings is 6. The van der Waals surface area contributed by atoms with Crippen LogP contribution >= 0.6 is 0 Å². The molecule has 8 aromatic rings. The van der Waals surface area contributed by atoms with Gasteiger partial charge in [0.1, 0.15) is 17.2 Å². The van der Waals surface area contributed by atoms with Crippen molar-refractivity contribution in [3.8, 4) is 73.1 Å². The van der Waals surface area contributed by atoms with Crippen LogP contribution in [-0.2, 0) is 33.6 Å². The Bertz CT molecular complexity index is 2820. The lowest BCUT2D eigenvalue weighted by atomic mass is 9.93. The summed E-state index contributed by atoms with van der Waals surface area (Å²) >= 11 is 0. The van der Waals surface area contributed by atoms with Crippen molar-refractivity contribution in [2.24, 2.45) is 17.2 Å². The molecule has 0 saturated heterocycles. The minimum atomic E-state index is -0.346. The lowest BCUT2D eigenvalue weighted by Gasteiger charge is -2.12. The molecular formula is C54H52N7O7-. The van der Waals surface area contributed by atoms with E-state index in [-0.39, 0.29) is 53.3 Å². The van der Waals surface area contributed by atoms with Gasteiger partial charge in [0.05, 0.1) is 11.4 Å². The first-order valence-electron chi connectivity index (χ1n) is 21.5. The molecule has 68 heavy (non-hydrogen) atoms. The molecule has 14 nitrogen and oxygen atoms in total. The summed E-state index contributed by atoms with van der Waals surface area (Å²) in [6.07, 6.45) is 5.75. The van der Waals surface area contributed by atoms with E-state index in [1.54, 1.807) is 60.9 Å². The predicted molar refractivity (Wildman–Crippen MR) is 262 cm³/mol. The lowest BCUT2D eigenvalue weighted by Crippen LogP contribution is -2.11. The van der Waals surface area contributed by atoms with E-state index in [1.165, 1.54) is 0 Å². The highest BCUT2D eigenvalue weighted by molar-refractivity contribution is 5.79. The van der Waals surface area contributed by atoms with Crippen molar-refractivity contribution in [1.82, 2.24) is 20.4 Å². The van der Waals surface area contributed by atoms with Gasteiger partial charge >= 0.3 is 0 Å². The number of aromatic hydroxyl groups is 3. The summed E-state index contributed by atoms with van der Waals surface area (Å²) in [6, 6.07) is 46.5. The highest BCUT2D eigenvalue weighted by Crippen LogP contribution is 2.33. The van der Waals surface area contributed by atoms with E-state index in [0.29, 0.717) is 25.7 Å². The van der Waals surface area contributed by atoms with E-state index in [0.717, 1.165) is 78.1 Å². The SMILES string of the molecule is Cc1ccc(-c2cccc(O)c2)c(CCC(N)=O)c1.NC(=O)CCc1cc(-c2cccnn2)ccc1-c1cccc(O)c1.NC(=O)CCc1cc(-c2cccnn2)ccc1-c1cccc(O)c1.[OH-]. The molecule has 0 spiro atoms. The third kappa shape index (κ3) is 14.6. The topological polar surface area (TPSA) is 272 Å². The van der Waals surface area contributed by atoms with Crippen LogP contribution < -0.4 is 17.2 Å². The maximum Gasteiger partial charge on any atom is 0.217 e. The normalized spacial score (nSPS) is 10.3. The molecule has 0 aliphatic rings. The first-order chi connectivity index (χ1) is 32.3. The highest BCUT2D eigenvalue weighted by Gasteiger charge is 2.13. The summed E-state index contributed by atoms with van der Waals surface area (Å²) < 4.78 is 0. The number of phenolic OH excluding ortho intramolecular Hbond substituents is 3. The van der Waals surface area contributed by atoms with Gasteiger partial charge in [0.2, 0.25) is 17.7 Å². The Balaban J connectivity index is 0.000000191. The number of nitrogens with two attached hydrogens (primary N) is 3. The van der Waals surface area contributed by atoms with Crippen LogP contribution in [0.4, 0.5) is 0 Å². The number of rotatable bonds is 14. The van der Waals surface area contributed by atoms with Gasteiger partial charge in [0, 0.05) is 42.8 Å². The molecule has 346 valence electrons. The number of nitrogens with zero attached hydrogens (tertiary/aromatic N) is 4. The second-order valence-electron chi connectivity index (χ2n) is 15.7. The van der Waals surface area contributed by atoms with Crippen LogP contribution in [-0.4, -0.2) is 58.9 Å². The van der Waals surface area contributed by atoms with Crippen molar-refractivity contribution in [3.05, 3.63) is 186 Å². The Labute approximate surface area is 394 Å². The number of hydrogen-bond acceptors (Lipinski definition) is 11. The van der Waals surface area contributed by atoms with Crippen LogP contribution in [0.1, 0.15) is 41.5 Å². The van der Waals surface area contributed by atoms with E-state index in [4.69, 9.17) is 17.2 Å². The van der Waals surface area contributed by atoms with Crippen LogP contribution in [0.3, 0.4) is 0 Å². The summed E-state index contributed by atoms with van der Waals surface area (Å²) in [5.74, 6) is -0.358. The minimum absolute atomic E-state index is 0. The Morgan fingerprint density at radius 3 is 1.10 bits per heavy atom. The van der Waals surface area contributed by atoms with E-state index < -0.39 is 0 Å². The quantitative estimate of drug-likeness (QED) is 0.0602. The fourth-order valence-electron chi connectivity index (χ4n) is 7.40. The summed E-state index contributed by atoms with van der Waals surface area (Å²) in [4.78, 5) is 33.3. The zero-order valence-corrected chi connectivity index (χ0v) is 37.4. The van der Waals surface area contributed by atoms with E-state index >= 15 is 0 Å². The maximum absolute atomic E-state index is 11.2. The maximum atomic E-state index is 11.2. The molecule has 0 bridgehead atoms. The van der Waals surface area contributed by atoms with E-state index in [2.05, 4.69) is 26.5 Å². The van der Waals surface area contributed by atoms with Crippen molar-refractivity contribution >= 4 is 17.7 Å². The Morgan fingerprint density at radius 2 is 0.779 bits per heavy atom. The molecule has 0 atom stereocenters. The third-order valence-electron chi connectivity index (χ3n) is 10.6. The number of aromatic nitrogens is 4. The molecule has 6 aromatic carbocycles. The Kier molecular flexibility index (Phi) is 18.1. The van der Waals surface area contributed by atoms with E-state index in [1.807, 2.05) is 104 Å². The summed E-state index contributed by atoms with van der Waals surface area (Å²) in [6.45, 7) is 2.01. The minimum Gasteiger partial charge on any atom is -0.870 e. The molecule has 14 heteroatoms. The highest BCUT2D eigenvalue weighted by atomic mass is 16.3. The Morgan fingerprint density at radius 1 is 0.426 bits per heavy atom. The number of carbonyl (C=O) groups is 3. The molecule has 8 rings (SSSR count). The standard InChI is InChI=1S/2C19H17N3O2.C16H17NO2.H2O/c2*20-19(24)9-7-14-11-15(18-5-2-10-21-22-18)6-8-17(14)13-3-1-4-16(23)12-13;1-11-5-7-15(12-3-2-4-14(18)10-12)13(9-11)6-8-16(17)19;/h2*1-6,8,10-12,23H,7,9H2,(H2,20,24);2-5,7,9-10,18H,6,8H2,1H3,(H2,17,19);1H2/p-1. The first kappa shape index (κ1) is 50.3. The van der Waals surface area contributed by atoms with Crippen LogP contribution in [0.2, 0.25) is 0 Å². The summed E-state index contributed by atoms with van der Waals surface area (Å²) in [5.41, 5.74) is 29.0. The molecule has 0 unspecified atom stereocenters. The monoisotopic (exact) mass is 910 g/mol. The second-order valence-corrected chi connectivity index (χ2v) is 15.7. The fraction of sp³-hybridized carbons (Fsp3) is 0.130. The van der Waals surface area contributed by atoms with Crippen LogP contribution in [0, 0.1) is 6.92 Å². The van der Waals surface area contributed by atoms with Gasteiger partial charge in [0.25, 0.3) is 0 Å². The van der Waals surface area contributed by atoms with Gasteiger partial charge in [-0.25, -0.2) is 0 Å². The third-order valence-corrected chi connectivity index (χ3v) is 10.6. The average Bonchev–Trinajstić information content (AvgIpc) is 3.33. The molecule has 0 fully saturated rings. The number of amides is 3. The second kappa shape index (κ2) is 24.5. The van der Waals surface area contributed by atoms with Crippen molar-refractivity contribution in [2.45, 2.75) is 45.4 Å². The molecule has 0 aliphatic heterocycles. The largest absolute Gasteiger partial charge is 0.870 e. The first-order valence-corrected chi connectivity index (χ1v) is 21.5. The van der Waals surface area contributed by atoms with Crippen LogP contribution in [0.15, 0.2) is 164 Å². The molecule has 3 amide bonds. The number of phenols is 3. The van der Waals surface area contributed by atoms with Gasteiger partial charge in [0.15, 0.2) is 0 Å². The molecule has 10 N–H and O–H groups in total. The number of primary amides is 3.